The maximum atomic E-state index is 13.8. The molecule has 0 aromatic heterocycles. The van der Waals surface area contributed by atoms with Gasteiger partial charge in [-0.05, 0) is 48.9 Å². The summed E-state index contributed by atoms with van der Waals surface area (Å²) in [7, 11) is -7.87. The van der Waals surface area contributed by atoms with Crippen LogP contribution < -0.4 is 4.72 Å². The number of nitro groups is 1. The lowest BCUT2D eigenvalue weighted by Gasteiger charge is -2.23. The molecular weight excluding hydrogens is 511 g/mol. The molecule has 13 heteroatoms. The Morgan fingerprint density at radius 1 is 1.06 bits per heavy atom. The maximum Gasteiger partial charge on any atom is 0.279 e. The summed E-state index contributed by atoms with van der Waals surface area (Å²) in [5.74, 6) is -0.863. The topological polar surface area (TPSA) is 139 Å². The van der Waals surface area contributed by atoms with E-state index in [0.717, 1.165) is 16.5 Å². The van der Waals surface area contributed by atoms with Gasteiger partial charge in [0.25, 0.3) is 15.7 Å². The fourth-order valence-electron chi connectivity index (χ4n) is 3.77. The molecule has 1 N–H and O–H groups in total. The molecule has 0 radical (unpaired) electrons. The minimum absolute atomic E-state index is 0.000563. The summed E-state index contributed by atoms with van der Waals surface area (Å²) in [6.07, 6.45) is -0.000563. The van der Waals surface area contributed by atoms with Gasteiger partial charge in [0.05, 0.1) is 26.8 Å². The fraction of sp³-hybridized carbons (Fsp3) is 0.174. The van der Waals surface area contributed by atoms with Crippen LogP contribution in [0, 0.1) is 15.9 Å². The highest BCUT2D eigenvalue weighted by atomic mass is 32.2. The number of nitro benzene ring substituents is 1. The van der Waals surface area contributed by atoms with E-state index >= 15 is 0 Å². The first kappa shape index (κ1) is 25.3. The van der Waals surface area contributed by atoms with E-state index in [-0.39, 0.29) is 28.3 Å². The number of hydrogen-bond donors (Lipinski definition) is 1. The van der Waals surface area contributed by atoms with E-state index in [0.29, 0.717) is 17.0 Å². The Kier molecular flexibility index (Phi) is 6.78. The molecule has 188 valence electrons. The van der Waals surface area contributed by atoms with Crippen LogP contribution in [0.2, 0.25) is 0 Å². The van der Waals surface area contributed by atoms with Gasteiger partial charge in [-0.15, -0.1) is 0 Å². The zero-order valence-electron chi connectivity index (χ0n) is 18.9. The lowest BCUT2D eigenvalue weighted by Crippen LogP contribution is -2.28. The van der Waals surface area contributed by atoms with Gasteiger partial charge in [-0.2, -0.15) is 17.9 Å². The minimum atomic E-state index is -4.39. The first-order valence-corrected chi connectivity index (χ1v) is 13.8. The molecule has 10 nitrogen and oxygen atoms in total. The predicted octanol–water partition coefficient (Wildman–Crippen LogP) is 4.04. The lowest BCUT2D eigenvalue weighted by molar-refractivity contribution is -0.385. The van der Waals surface area contributed by atoms with Crippen LogP contribution >= 0.6 is 0 Å². The summed E-state index contributed by atoms with van der Waals surface area (Å²) >= 11 is 0. The number of benzene rings is 3. The summed E-state index contributed by atoms with van der Waals surface area (Å²) in [6, 6.07) is 15.3. The molecule has 1 atom stereocenters. The van der Waals surface area contributed by atoms with Crippen LogP contribution in [-0.2, 0) is 20.0 Å². The van der Waals surface area contributed by atoms with Crippen molar-refractivity contribution in [2.45, 2.75) is 24.3 Å². The molecule has 1 aliphatic rings. The molecule has 1 heterocycles. The third-order valence-corrected chi connectivity index (χ3v) is 8.56. The summed E-state index contributed by atoms with van der Waals surface area (Å²) in [5, 5.41) is 16.0. The molecule has 0 aliphatic carbocycles. The second-order valence-electron chi connectivity index (χ2n) is 7.90. The van der Waals surface area contributed by atoms with Crippen LogP contribution in [-0.4, -0.2) is 37.6 Å². The fourth-order valence-corrected chi connectivity index (χ4v) is 5.87. The Morgan fingerprint density at radius 3 is 2.39 bits per heavy atom. The molecule has 0 bridgehead atoms. The van der Waals surface area contributed by atoms with Crippen molar-refractivity contribution in [3.63, 3.8) is 0 Å². The number of rotatable bonds is 8. The zero-order valence-corrected chi connectivity index (χ0v) is 20.5. The number of nitrogens with zero attached hydrogens (tertiary/aromatic N) is 3. The first-order valence-electron chi connectivity index (χ1n) is 10.7. The summed E-state index contributed by atoms with van der Waals surface area (Å²) < 4.78 is 67.6. The Balaban J connectivity index is 1.78. The number of nitrogens with one attached hydrogen (secondary N) is 1. The third kappa shape index (κ3) is 5.06. The van der Waals surface area contributed by atoms with E-state index in [9.17, 15) is 31.3 Å². The number of hydrazone groups is 1. The van der Waals surface area contributed by atoms with E-state index in [2.05, 4.69) is 9.82 Å². The number of hydrogen-bond acceptors (Lipinski definition) is 7. The minimum Gasteiger partial charge on any atom is -0.284 e. The van der Waals surface area contributed by atoms with E-state index in [4.69, 9.17) is 0 Å². The summed E-state index contributed by atoms with van der Waals surface area (Å²) in [4.78, 5) is 10.7. The molecule has 4 rings (SSSR count). The van der Waals surface area contributed by atoms with Crippen molar-refractivity contribution in [2.24, 2.45) is 5.10 Å². The molecule has 0 saturated carbocycles. The SMILES string of the molecule is CCS(=O)(=O)Nc1ccc(C2=NN(S(=O)(=O)c3cccc(F)c3)[C@@H](c3ccccc3[N+](=O)[O-])C2)cc1. The molecule has 1 aliphatic heterocycles. The second-order valence-corrected chi connectivity index (χ2v) is 11.7. The monoisotopic (exact) mass is 532 g/mol. The van der Waals surface area contributed by atoms with Gasteiger partial charge in [0, 0.05) is 18.2 Å². The quantitative estimate of drug-likeness (QED) is 0.343. The van der Waals surface area contributed by atoms with Crippen molar-refractivity contribution in [3.8, 4) is 0 Å². The Bertz CT molecular complexity index is 1560. The third-order valence-electron chi connectivity index (χ3n) is 5.58. The number of para-hydroxylation sites is 1. The molecule has 0 unspecified atom stereocenters. The highest BCUT2D eigenvalue weighted by Gasteiger charge is 2.40. The number of halogens is 1. The van der Waals surface area contributed by atoms with Crippen LogP contribution in [0.25, 0.3) is 0 Å². The van der Waals surface area contributed by atoms with Gasteiger partial charge >= 0.3 is 0 Å². The van der Waals surface area contributed by atoms with Crippen molar-refractivity contribution in [2.75, 3.05) is 10.5 Å². The normalized spacial score (nSPS) is 16.0. The van der Waals surface area contributed by atoms with Gasteiger partial charge in [-0.1, -0.05) is 30.3 Å². The van der Waals surface area contributed by atoms with Crippen LogP contribution in [0.5, 0.6) is 0 Å². The molecule has 0 fully saturated rings. The number of anilines is 1. The van der Waals surface area contributed by atoms with Crippen molar-refractivity contribution in [1.82, 2.24) is 4.41 Å². The predicted molar refractivity (Wildman–Crippen MR) is 132 cm³/mol. The average molecular weight is 533 g/mol. The second kappa shape index (κ2) is 9.66. The van der Waals surface area contributed by atoms with Crippen LogP contribution in [0.1, 0.15) is 30.5 Å². The highest BCUT2D eigenvalue weighted by molar-refractivity contribution is 7.92. The first-order chi connectivity index (χ1) is 17.0. The van der Waals surface area contributed by atoms with Crippen molar-refractivity contribution >= 4 is 37.1 Å². The van der Waals surface area contributed by atoms with Gasteiger partial charge in [-0.3, -0.25) is 14.8 Å². The molecule has 0 amide bonds. The molecular formula is C23H21FN4O6S2. The Hall–Kier alpha value is -3.84. The molecule has 3 aromatic carbocycles. The van der Waals surface area contributed by atoms with E-state index in [1.807, 2.05) is 0 Å². The largest absolute Gasteiger partial charge is 0.284 e. The van der Waals surface area contributed by atoms with Crippen molar-refractivity contribution in [3.05, 3.63) is 99.9 Å². The smallest absolute Gasteiger partial charge is 0.279 e. The molecule has 36 heavy (non-hydrogen) atoms. The average Bonchev–Trinajstić information content (AvgIpc) is 3.30. The summed E-state index contributed by atoms with van der Waals surface area (Å²) in [6.45, 7) is 1.50. The zero-order chi connectivity index (χ0) is 26.1. The van der Waals surface area contributed by atoms with Gasteiger partial charge in [-0.25, -0.2) is 12.8 Å². The molecule has 0 saturated heterocycles. The standard InChI is InChI=1S/C23H21FN4O6S2/c1-2-35(31,32)26-18-12-10-16(11-13-18)21-15-23(20-8-3-4-9-22(20)28(29)30)27(25-21)36(33,34)19-7-5-6-17(24)14-19/h3-14,23,26H,2,15H2,1H3/t23-/m1/s1. The Labute approximate surface area is 207 Å². The van der Waals surface area contributed by atoms with Gasteiger partial charge in [0.2, 0.25) is 10.0 Å². The van der Waals surface area contributed by atoms with Gasteiger partial charge in [0.15, 0.2) is 0 Å². The van der Waals surface area contributed by atoms with E-state index < -0.39 is 36.8 Å². The van der Waals surface area contributed by atoms with Crippen molar-refractivity contribution < 1.29 is 26.1 Å². The highest BCUT2D eigenvalue weighted by Crippen LogP contribution is 2.40. The van der Waals surface area contributed by atoms with Gasteiger partial charge < -0.3 is 0 Å². The summed E-state index contributed by atoms with van der Waals surface area (Å²) in [5.41, 5.74) is 0.980. The lowest BCUT2D eigenvalue weighted by atomic mass is 9.98. The van der Waals surface area contributed by atoms with E-state index in [1.54, 1.807) is 18.2 Å². The molecule has 3 aromatic rings. The van der Waals surface area contributed by atoms with Crippen LogP contribution in [0.3, 0.4) is 0 Å². The van der Waals surface area contributed by atoms with Crippen molar-refractivity contribution in [1.29, 1.82) is 0 Å². The molecule has 0 spiro atoms. The maximum absolute atomic E-state index is 13.8. The number of sulfonamides is 2. The Morgan fingerprint density at radius 2 is 1.75 bits per heavy atom. The van der Waals surface area contributed by atoms with E-state index in [1.165, 1.54) is 49.4 Å². The van der Waals surface area contributed by atoms with Crippen LogP contribution in [0.15, 0.2) is 82.8 Å². The van der Waals surface area contributed by atoms with Gasteiger partial charge in [0.1, 0.15) is 11.9 Å². The van der Waals surface area contributed by atoms with Crippen LogP contribution in [0.4, 0.5) is 15.8 Å².